The molecule has 0 unspecified atom stereocenters. The molecule has 0 atom stereocenters. The first kappa shape index (κ1) is 62.6. The smallest absolute Gasteiger partial charge is 0.0748 e. The van der Waals surface area contributed by atoms with Gasteiger partial charge in [0, 0.05) is 13.1 Å². The zero-order valence-corrected chi connectivity index (χ0v) is 33.7. The van der Waals surface area contributed by atoms with Crippen molar-refractivity contribution in [2.75, 3.05) is 26.4 Å². The van der Waals surface area contributed by atoms with E-state index in [0.29, 0.717) is 26.4 Å². The van der Waals surface area contributed by atoms with Gasteiger partial charge in [0.15, 0.2) is 0 Å². The molecule has 392 valence electrons. The molecule has 0 saturated heterocycles. The fraction of sp³-hybridized carbons (Fsp3) is 1.00. The summed E-state index contributed by atoms with van der Waals surface area (Å²) in [6, 6.07) is 0. The Bertz CT molecular complexity index is 717. The van der Waals surface area contributed by atoms with Gasteiger partial charge < -0.3 is 0 Å². The molecule has 0 aromatic rings. The Hall–Kier alpha value is -2.40. The van der Waals surface area contributed by atoms with Gasteiger partial charge in [-0.3, -0.25) is 11.7 Å². The van der Waals surface area contributed by atoms with Crippen LogP contribution in [0.15, 0.2) is 0 Å². The summed E-state index contributed by atoms with van der Waals surface area (Å²) in [5, 5.41) is 0. The lowest BCUT2D eigenvalue weighted by atomic mass is 10.4. The van der Waals surface area contributed by atoms with Crippen LogP contribution in [0.5, 0.6) is 0 Å². The fourth-order valence-electron chi connectivity index (χ4n) is 2.31. The lowest BCUT2D eigenvalue weighted by Gasteiger charge is -2.16. The number of nitrogens with one attached hydrogen (secondary N) is 58. The normalized spacial score (nSPS) is 11.7. The molecule has 60 heteroatoms. The minimum atomic E-state index is 0.292. The average Bonchev–Trinajstić information content (AvgIpc) is 3.32. The van der Waals surface area contributed by atoms with Gasteiger partial charge in [0.25, 0.3) is 0 Å². The number of hydrogen-bond donors (Lipinski definition) is 60. The molecule has 0 heterocycles. The Morgan fingerprint density at radius 3 is 0.477 bits per heavy atom. The van der Waals surface area contributed by atoms with Crippen LogP contribution in [-0.2, 0) is 0 Å². The van der Waals surface area contributed by atoms with Crippen molar-refractivity contribution in [3.63, 3.8) is 0 Å². The molecule has 0 aliphatic rings. The summed E-state index contributed by atoms with van der Waals surface area (Å²) >= 11 is 0. The van der Waals surface area contributed by atoms with E-state index in [9.17, 15) is 0 Å². The third kappa shape index (κ3) is 61.6. The van der Waals surface area contributed by atoms with Crippen LogP contribution in [0.1, 0.15) is 6.42 Å². The molecule has 0 amide bonds. The quantitative estimate of drug-likeness (QED) is 0.0116. The lowest BCUT2D eigenvalue weighted by Crippen LogP contribution is -2.70. The van der Waals surface area contributed by atoms with E-state index in [4.69, 9.17) is 11.7 Å². The predicted molar refractivity (Wildman–Crippen MR) is 214 cm³/mol. The number of hydrogen-bond acceptors (Lipinski definition) is 60. The Morgan fingerprint density at radius 1 is 0.154 bits per heavy atom. The molecule has 0 aliphatic heterocycles. The van der Waals surface area contributed by atoms with E-state index < -0.39 is 0 Å². The van der Waals surface area contributed by atoms with Gasteiger partial charge in [0.2, 0.25) is 0 Å². The van der Waals surface area contributed by atoms with Crippen molar-refractivity contribution in [2.45, 2.75) is 6.42 Å². The Morgan fingerprint density at radius 2 is 0.292 bits per heavy atom. The van der Waals surface area contributed by atoms with E-state index in [-0.39, 0.29) is 0 Å². The van der Waals surface area contributed by atoms with Gasteiger partial charge in [0.05, 0.1) is 13.3 Å². The maximum atomic E-state index is 4.98. The first-order chi connectivity index (χ1) is 32.4. The molecule has 65 heavy (non-hydrogen) atoms. The van der Waals surface area contributed by atoms with Crippen molar-refractivity contribution in [1.29, 1.82) is 0 Å². The lowest BCUT2D eigenvalue weighted by molar-refractivity contribution is 0.185. The third-order valence-corrected chi connectivity index (χ3v) is 4.51. The van der Waals surface area contributed by atoms with Crippen LogP contribution >= 0.6 is 0 Å². The Labute approximate surface area is 365 Å². The predicted octanol–water partition coefficient (Wildman–Crippen LogP) is -29.4. The zero-order chi connectivity index (χ0) is 46.5. The molecule has 0 rings (SSSR count). The fourth-order valence-corrected chi connectivity index (χ4v) is 2.31. The van der Waals surface area contributed by atoms with Crippen molar-refractivity contribution in [3.05, 3.63) is 0 Å². The molecule has 0 aromatic carbocycles. The maximum Gasteiger partial charge on any atom is 0.0748 e. The number of hydrazine groups is 56. The first-order valence-electron chi connectivity index (χ1n) is 17.2. The van der Waals surface area contributed by atoms with Gasteiger partial charge in [-0.05, 0) is 6.42 Å². The van der Waals surface area contributed by atoms with E-state index in [2.05, 4.69) is 320 Å². The minimum absolute atomic E-state index is 0.292. The van der Waals surface area contributed by atoms with E-state index in [1.165, 1.54) is 0 Å². The summed E-state index contributed by atoms with van der Waals surface area (Å²) in [5.74, 6) is 9.93. The topological polar surface area (TPSA) is 750 Å². The van der Waals surface area contributed by atoms with Gasteiger partial charge in [-0.2, -0.15) is 288 Å². The van der Waals surface area contributed by atoms with Crippen molar-refractivity contribution in [2.24, 2.45) is 11.7 Å². The highest BCUT2D eigenvalue weighted by molar-refractivity contribution is 4.42. The molecule has 0 saturated carbocycles. The summed E-state index contributed by atoms with van der Waals surface area (Å²) < 4.78 is 0. The molecule has 62 N–H and O–H groups in total. The van der Waals surface area contributed by atoms with Crippen molar-refractivity contribution in [1.82, 2.24) is 320 Å². The molecule has 0 spiro atoms. The standard InChI is InChI=1S/C5H72N60/c6-14-22-29-25-16-8-2-1-3-9-17-26-31-35-39-43-47-51-55-59-61-63-65-64-62-60-57-53-49-45-41-37-33-28-21-13-5-11-19-24-18-10-4-12-20-27-32-36-40-44-48-52-56-58-54-50-46-42-38-34-30-23-15-7/h8-65H,1-7H2. The molecule has 0 radical (unpaired) electrons. The van der Waals surface area contributed by atoms with Crippen LogP contribution in [0, 0.1) is 0 Å². The summed E-state index contributed by atoms with van der Waals surface area (Å²) in [7, 11) is 0. The molecule has 0 aromatic heterocycles. The summed E-state index contributed by atoms with van der Waals surface area (Å²) in [5.41, 5.74) is 148. The molecular formula is C5H72N60. The van der Waals surface area contributed by atoms with Gasteiger partial charge in [-0.25, -0.2) is 32.6 Å². The molecule has 0 bridgehead atoms. The van der Waals surface area contributed by atoms with Crippen LogP contribution in [0.2, 0.25) is 0 Å². The van der Waals surface area contributed by atoms with E-state index in [1.807, 2.05) is 0 Å². The van der Waals surface area contributed by atoms with Gasteiger partial charge in [0.1, 0.15) is 0 Å². The highest BCUT2D eigenvalue weighted by atomic mass is 16.0. The van der Waals surface area contributed by atoms with Crippen LogP contribution in [0.25, 0.3) is 0 Å². The first-order valence-corrected chi connectivity index (χ1v) is 17.2. The maximum absolute atomic E-state index is 4.98. The largest absolute Gasteiger partial charge is 0.257 e. The van der Waals surface area contributed by atoms with E-state index >= 15 is 0 Å². The van der Waals surface area contributed by atoms with E-state index in [1.54, 1.807) is 0 Å². The van der Waals surface area contributed by atoms with Gasteiger partial charge in [-0.1, -0.05) is 0 Å². The highest BCUT2D eigenvalue weighted by Gasteiger charge is 1.90. The van der Waals surface area contributed by atoms with Crippen LogP contribution in [0.3, 0.4) is 0 Å². The van der Waals surface area contributed by atoms with Crippen LogP contribution < -0.4 is 332 Å². The highest BCUT2D eigenvalue weighted by Crippen LogP contribution is 1.67. The third-order valence-electron chi connectivity index (χ3n) is 4.51. The van der Waals surface area contributed by atoms with Crippen LogP contribution in [0.4, 0.5) is 0 Å². The summed E-state index contributed by atoms with van der Waals surface area (Å²) in [6.45, 7) is 1.94. The monoisotopic (exact) mass is 973 g/mol. The zero-order valence-electron chi connectivity index (χ0n) is 33.7. The summed E-state index contributed by atoms with van der Waals surface area (Å²) in [6.07, 6.45) is 0.816. The van der Waals surface area contributed by atoms with Crippen molar-refractivity contribution >= 4 is 0 Å². The second-order valence-electron chi connectivity index (χ2n) is 8.81. The minimum Gasteiger partial charge on any atom is -0.257 e. The molecule has 0 fully saturated rings. The van der Waals surface area contributed by atoms with Crippen molar-refractivity contribution in [3.8, 4) is 0 Å². The average molecular weight is 973 g/mol. The molecule has 60 nitrogen and oxygen atoms in total. The Kier molecular flexibility index (Phi) is 59.3. The molecule has 0 aliphatic carbocycles. The second kappa shape index (κ2) is 61.6. The number of nitrogens with two attached hydrogens (primary N) is 2. The van der Waals surface area contributed by atoms with E-state index in [0.717, 1.165) is 6.42 Å². The van der Waals surface area contributed by atoms with Crippen molar-refractivity contribution < 1.29 is 0 Å². The van der Waals surface area contributed by atoms with Crippen LogP contribution in [-0.4, -0.2) is 26.4 Å². The Balaban J connectivity index is 3.06. The van der Waals surface area contributed by atoms with Gasteiger partial charge in [-0.15, -0.1) is 0 Å². The SMILES string of the molecule is NNNNNNNCCCNNNNNNNNNNNNNNNNNNNNNNNNNNNCNNNNNCNNNNNNNNNNNNNNNNNNNNN. The van der Waals surface area contributed by atoms with Gasteiger partial charge >= 0.3 is 0 Å². The second-order valence-corrected chi connectivity index (χ2v) is 8.81. The summed E-state index contributed by atoms with van der Waals surface area (Å²) in [4.78, 5) is 0. The number of rotatable bonds is 62. The molecular weight excluding hydrogens is 900 g/mol.